The molecule has 1 amide bonds. The molecule has 4 nitrogen and oxygen atoms in total. The highest BCUT2D eigenvalue weighted by Crippen LogP contribution is 2.31. The van der Waals surface area contributed by atoms with Crippen molar-refractivity contribution in [3.63, 3.8) is 0 Å². The van der Waals surface area contributed by atoms with E-state index in [0.29, 0.717) is 25.8 Å². The predicted molar refractivity (Wildman–Crippen MR) is 79.7 cm³/mol. The number of amides is 1. The molecular weight excluding hydrogens is 321 g/mol. The van der Waals surface area contributed by atoms with Gasteiger partial charge in [-0.2, -0.15) is 0 Å². The summed E-state index contributed by atoms with van der Waals surface area (Å²) in [6, 6.07) is 4.92. The molecule has 0 aromatic carbocycles. The number of nitrogens with one attached hydrogen (secondary N) is 1. The van der Waals surface area contributed by atoms with E-state index in [9.17, 15) is 9.90 Å². The highest BCUT2D eigenvalue weighted by atomic mass is 35.5. The van der Waals surface area contributed by atoms with E-state index in [1.807, 2.05) is 0 Å². The van der Waals surface area contributed by atoms with Crippen molar-refractivity contribution in [3.05, 3.63) is 44.0 Å². The Balaban J connectivity index is 2.04. The van der Waals surface area contributed by atoms with Crippen molar-refractivity contribution in [2.45, 2.75) is 19.4 Å². The topological polar surface area (TPSA) is 62.5 Å². The van der Waals surface area contributed by atoms with E-state index in [2.05, 4.69) is 5.32 Å². The van der Waals surface area contributed by atoms with Crippen LogP contribution in [0.4, 0.5) is 0 Å². The molecule has 2 aromatic heterocycles. The molecule has 0 aliphatic heterocycles. The van der Waals surface area contributed by atoms with Gasteiger partial charge in [-0.15, -0.1) is 11.3 Å². The number of aliphatic hydroxyl groups is 1. The molecule has 1 unspecified atom stereocenters. The van der Waals surface area contributed by atoms with E-state index < -0.39 is 5.60 Å². The van der Waals surface area contributed by atoms with Crippen molar-refractivity contribution >= 4 is 40.4 Å². The molecule has 2 rings (SSSR count). The molecule has 1 atom stereocenters. The Kier molecular flexibility index (Phi) is 4.44. The van der Waals surface area contributed by atoms with Crippen LogP contribution in [0.25, 0.3) is 0 Å². The number of furan rings is 1. The van der Waals surface area contributed by atoms with Crippen LogP contribution in [0.15, 0.2) is 22.6 Å². The number of hydrogen-bond donors (Lipinski definition) is 2. The first-order valence-corrected chi connectivity index (χ1v) is 7.39. The van der Waals surface area contributed by atoms with Gasteiger partial charge in [0.1, 0.15) is 21.5 Å². The fourth-order valence-electron chi connectivity index (χ4n) is 1.65. The van der Waals surface area contributed by atoms with Gasteiger partial charge in [0, 0.05) is 0 Å². The molecule has 2 N–H and O–H groups in total. The number of carbonyl (C=O) groups excluding carboxylic acids is 1. The fraction of sp³-hybridized carbons (Fsp3) is 0.308. The monoisotopic (exact) mass is 333 g/mol. The average molecular weight is 334 g/mol. The Bertz CT molecular complexity index is 633. The molecule has 0 aliphatic rings. The molecule has 20 heavy (non-hydrogen) atoms. The second-order valence-corrected chi connectivity index (χ2v) is 6.89. The van der Waals surface area contributed by atoms with Crippen LogP contribution < -0.4 is 5.32 Å². The van der Waals surface area contributed by atoms with Gasteiger partial charge in [0.25, 0.3) is 5.91 Å². The fourth-order valence-corrected chi connectivity index (χ4v) is 3.11. The smallest absolute Gasteiger partial charge is 0.253 e. The summed E-state index contributed by atoms with van der Waals surface area (Å²) in [6.07, 6.45) is 0. The van der Waals surface area contributed by atoms with Crippen LogP contribution in [-0.2, 0) is 5.60 Å². The quantitative estimate of drug-likeness (QED) is 0.898. The zero-order chi connectivity index (χ0) is 14.9. The van der Waals surface area contributed by atoms with Crippen molar-refractivity contribution in [3.8, 4) is 0 Å². The van der Waals surface area contributed by atoms with E-state index in [-0.39, 0.29) is 12.5 Å². The van der Waals surface area contributed by atoms with Gasteiger partial charge in [0.15, 0.2) is 0 Å². The molecule has 0 saturated heterocycles. The minimum absolute atomic E-state index is 0.00256. The summed E-state index contributed by atoms with van der Waals surface area (Å²) in [5.74, 6) is 0.700. The van der Waals surface area contributed by atoms with E-state index in [4.69, 9.17) is 27.6 Å². The Hall–Kier alpha value is -1.01. The van der Waals surface area contributed by atoms with Gasteiger partial charge in [0.05, 0.1) is 16.4 Å². The van der Waals surface area contributed by atoms with Crippen LogP contribution in [0.5, 0.6) is 0 Å². The molecule has 0 bridgehead atoms. The predicted octanol–water partition coefficient (Wildman–Crippen LogP) is 3.59. The van der Waals surface area contributed by atoms with Crippen LogP contribution in [0.2, 0.25) is 8.67 Å². The zero-order valence-electron chi connectivity index (χ0n) is 10.9. The van der Waals surface area contributed by atoms with Crippen LogP contribution in [0.1, 0.15) is 28.8 Å². The lowest BCUT2D eigenvalue weighted by Crippen LogP contribution is -2.38. The molecule has 0 radical (unpaired) electrons. The molecular formula is C13H13Cl2NO3S. The Morgan fingerprint density at radius 1 is 1.50 bits per heavy atom. The molecule has 108 valence electrons. The first kappa shape index (κ1) is 15.4. The second-order valence-electron chi connectivity index (χ2n) is 4.60. The van der Waals surface area contributed by atoms with Crippen LogP contribution in [0.3, 0.4) is 0 Å². The largest absolute Gasteiger partial charge is 0.463 e. The van der Waals surface area contributed by atoms with Crippen molar-refractivity contribution in [2.24, 2.45) is 0 Å². The summed E-state index contributed by atoms with van der Waals surface area (Å²) in [4.78, 5) is 12.0. The Morgan fingerprint density at radius 3 is 2.70 bits per heavy atom. The summed E-state index contributed by atoms with van der Waals surface area (Å²) in [5, 5.41) is 12.9. The molecule has 7 heteroatoms. The van der Waals surface area contributed by atoms with Gasteiger partial charge in [0.2, 0.25) is 0 Å². The Labute approximate surface area is 130 Å². The van der Waals surface area contributed by atoms with E-state index in [0.717, 1.165) is 11.3 Å². The maximum absolute atomic E-state index is 12.0. The molecule has 0 fully saturated rings. The van der Waals surface area contributed by atoms with Gasteiger partial charge < -0.3 is 14.8 Å². The van der Waals surface area contributed by atoms with E-state index in [1.165, 1.54) is 6.07 Å². The first-order chi connectivity index (χ1) is 9.29. The third-order valence-electron chi connectivity index (χ3n) is 2.77. The number of hydrogen-bond acceptors (Lipinski definition) is 4. The van der Waals surface area contributed by atoms with Gasteiger partial charge in [-0.25, -0.2) is 0 Å². The lowest BCUT2D eigenvalue weighted by Gasteiger charge is -2.21. The standard InChI is InChI=1S/C13H13Cl2NO3S/c1-7-3-4-9(19-7)13(2,18)6-16-12(17)8-5-10(14)20-11(8)15/h3-5,18H,6H2,1-2H3,(H,16,17). The normalized spacial score (nSPS) is 14.1. The third kappa shape index (κ3) is 3.35. The molecule has 0 spiro atoms. The lowest BCUT2D eigenvalue weighted by atomic mass is 10.0. The van der Waals surface area contributed by atoms with Crippen molar-refractivity contribution in [1.29, 1.82) is 0 Å². The first-order valence-electron chi connectivity index (χ1n) is 5.82. The number of thiophene rings is 1. The molecule has 0 aliphatic carbocycles. The number of aryl methyl sites for hydroxylation is 1. The van der Waals surface area contributed by atoms with Crippen LogP contribution >= 0.6 is 34.5 Å². The summed E-state index contributed by atoms with van der Waals surface area (Å²) >= 11 is 12.8. The van der Waals surface area contributed by atoms with Crippen molar-refractivity contribution in [1.82, 2.24) is 5.32 Å². The second kappa shape index (κ2) is 5.77. The summed E-state index contributed by atoms with van der Waals surface area (Å²) in [5.41, 5.74) is -0.996. The lowest BCUT2D eigenvalue weighted by molar-refractivity contribution is 0.0323. The van der Waals surface area contributed by atoms with E-state index in [1.54, 1.807) is 26.0 Å². The molecule has 0 saturated carbocycles. The van der Waals surface area contributed by atoms with Gasteiger partial charge in [-0.3, -0.25) is 4.79 Å². The van der Waals surface area contributed by atoms with Gasteiger partial charge >= 0.3 is 0 Å². The minimum atomic E-state index is -1.30. The van der Waals surface area contributed by atoms with Crippen LogP contribution in [-0.4, -0.2) is 17.6 Å². The number of carbonyl (C=O) groups is 1. The number of halogens is 2. The maximum Gasteiger partial charge on any atom is 0.253 e. The SMILES string of the molecule is Cc1ccc(C(C)(O)CNC(=O)c2cc(Cl)sc2Cl)o1. The zero-order valence-corrected chi connectivity index (χ0v) is 13.2. The Morgan fingerprint density at radius 2 is 2.20 bits per heavy atom. The number of rotatable bonds is 4. The van der Waals surface area contributed by atoms with Crippen molar-refractivity contribution < 1.29 is 14.3 Å². The third-order valence-corrected chi connectivity index (χ3v) is 4.25. The minimum Gasteiger partial charge on any atom is -0.463 e. The highest BCUT2D eigenvalue weighted by molar-refractivity contribution is 7.20. The average Bonchev–Trinajstić information content (AvgIpc) is 2.93. The highest BCUT2D eigenvalue weighted by Gasteiger charge is 2.28. The summed E-state index contributed by atoms with van der Waals surface area (Å²) in [7, 11) is 0. The molecule has 2 aromatic rings. The van der Waals surface area contributed by atoms with E-state index >= 15 is 0 Å². The van der Waals surface area contributed by atoms with Gasteiger partial charge in [-0.05, 0) is 32.0 Å². The summed E-state index contributed by atoms with van der Waals surface area (Å²) in [6.45, 7) is 3.35. The van der Waals surface area contributed by atoms with Gasteiger partial charge in [-0.1, -0.05) is 23.2 Å². The maximum atomic E-state index is 12.0. The van der Waals surface area contributed by atoms with Crippen LogP contribution in [0, 0.1) is 6.92 Å². The van der Waals surface area contributed by atoms with Crippen molar-refractivity contribution in [2.75, 3.05) is 6.54 Å². The molecule has 2 heterocycles. The summed E-state index contributed by atoms with van der Waals surface area (Å²) < 4.78 is 6.13.